The molecular formula is C8H11F2N3O2. The zero-order valence-electron chi connectivity index (χ0n) is 8.31. The topological polar surface area (TPSA) is 68.0 Å². The lowest BCUT2D eigenvalue weighted by molar-refractivity contribution is 0.0675. The summed E-state index contributed by atoms with van der Waals surface area (Å²) in [5.74, 6) is -1.49. The van der Waals surface area contributed by atoms with Gasteiger partial charge in [0.15, 0.2) is 5.69 Å². The molecule has 0 saturated carbocycles. The molecule has 1 N–H and O–H groups in total. The normalized spacial score (nSPS) is 13.1. The molecule has 0 aromatic carbocycles. The highest BCUT2D eigenvalue weighted by Crippen LogP contribution is 2.25. The Labute approximate surface area is 84.7 Å². The van der Waals surface area contributed by atoms with Gasteiger partial charge in [0.25, 0.3) is 6.43 Å². The first-order valence-electron chi connectivity index (χ1n) is 4.45. The van der Waals surface area contributed by atoms with Crippen molar-refractivity contribution in [1.29, 1.82) is 0 Å². The molecule has 0 fully saturated rings. The summed E-state index contributed by atoms with van der Waals surface area (Å²) in [7, 11) is 0. The largest absolute Gasteiger partial charge is 0.476 e. The van der Waals surface area contributed by atoms with Gasteiger partial charge in [-0.3, -0.25) is 0 Å². The van der Waals surface area contributed by atoms with Gasteiger partial charge in [0.05, 0.1) is 6.04 Å². The maximum atomic E-state index is 12.6. The smallest absolute Gasteiger partial charge is 0.358 e. The van der Waals surface area contributed by atoms with Gasteiger partial charge in [-0.25, -0.2) is 18.3 Å². The van der Waals surface area contributed by atoms with Gasteiger partial charge in [-0.05, 0) is 13.3 Å². The SMILES string of the molecule is CCC(C)n1nnc(C(=O)O)c1C(F)F. The molecule has 15 heavy (non-hydrogen) atoms. The van der Waals surface area contributed by atoms with Gasteiger partial charge >= 0.3 is 5.97 Å². The van der Waals surface area contributed by atoms with Crippen molar-refractivity contribution in [3.05, 3.63) is 11.4 Å². The van der Waals surface area contributed by atoms with Crippen LogP contribution in [0.25, 0.3) is 0 Å². The van der Waals surface area contributed by atoms with Crippen LogP contribution in [0.1, 0.15) is 48.9 Å². The van der Waals surface area contributed by atoms with Crippen LogP contribution in [0, 0.1) is 0 Å². The molecule has 0 saturated heterocycles. The summed E-state index contributed by atoms with van der Waals surface area (Å²) >= 11 is 0. The maximum Gasteiger partial charge on any atom is 0.358 e. The van der Waals surface area contributed by atoms with E-state index in [2.05, 4.69) is 10.3 Å². The van der Waals surface area contributed by atoms with Crippen LogP contribution >= 0.6 is 0 Å². The van der Waals surface area contributed by atoms with Gasteiger partial charge in [-0.15, -0.1) is 5.10 Å². The van der Waals surface area contributed by atoms with Gasteiger partial charge in [0.2, 0.25) is 0 Å². The van der Waals surface area contributed by atoms with E-state index in [9.17, 15) is 13.6 Å². The molecule has 0 aliphatic rings. The monoisotopic (exact) mass is 219 g/mol. The fourth-order valence-corrected chi connectivity index (χ4v) is 1.16. The van der Waals surface area contributed by atoms with Crippen LogP contribution in [0.15, 0.2) is 0 Å². The zero-order valence-corrected chi connectivity index (χ0v) is 8.31. The molecule has 1 aromatic rings. The van der Waals surface area contributed by atoms with Crippen molar-refractivity contribution in [2.75, 3.05) is 0 Å². The van der Waals surface area contributed by atoms with Crippen LogP contribution in [0.4, 0.5) is 8.78 Å². The Hall–Kier alpha value is -1.53. The van der Waals surface area contributed by atoms with Crippen molar-refractivity contribution in [1.82, 2.24) is 15.0 Å². The van der Waals surface area contributed by atoms with E-state index in [0.29, 0.717) is 6.42 Å². The van der Waals surface area contributed by atoms with Crippen LogP contribution in [-0.4, -0.2) is 26.1 Å². The summed E-state index contributed by atoms with van der Waals surface area (Å²) in [5, 5.41) is 15.3. The van der Waals surface area contributed by atoms with E-state index in [1.165, 1.54) is 0 Å². The maximum absolute atomic E-state index is 12.6. The number of hydrogen-bond donors (Lipinski definition) is 1. The third kappa shape index (κ3) is 2.11. The third-order valence-corrected chi connectivity index (χ3v) is 2.15. The minimum absolute atomic E-state index is 0.297. The van der Waals surface area contributed by atoms with Gasteiger partial charge in [-0.1, -0.05) is 12.1 Å². The van der Waals surface area contributed by atoms with Crippen LogP contribution in [-0.2, 0) is 0 Å². The number of nitrogens with zero attached hydrogens (tertiary/aromatic N) is 3. The quantitative estimate of drug-likeness (QED) is 0.839. The zero-order chi connectivity index (χ0) is 11.6. The molecule has 0 bridgehead atoms. The van der Waals surface area contributed by atoms with Gasteiger partial charge < -0.3 is 5.11 Å². The van der Waals surface area contributed by atoms with Crippen molar-refractivity contribution in [2.24, 2.45) is 0 Å². The number of alkyl halides is 2. The lowest BCUT2D eigenvalue weighted by Crippen LogP contribution is -2.12. The highest BCUT2D eigenvalue weighted by atomic mass is 19.3. The van der Waals surface area contributed by atoms with E-state index < -0.39 is 23.8 Å². The molecule has 0 spiro atoms. The number of rotatable bonds is 4. The molecule has 1 aromatic heterocycles. The Balaban J connectivity index is 3.24. The molecule has 1 unspecified atom stereocenters. The van der Waals surface area contributed by atoms with Crippen LogP contribution in [0.5, 0.6) is 0 Å². The molecule has 1 heterocycles. The lowest BCUT2D eigenvalue weighted by atomic mass is 10.2. The minimum atomic E-state index is -2.89. The number of carbonyl (C=O) groups is 1. The fourth-order valence-electron chi connectivity index (χ4n) is 1.16. The highest BCUT2D eigenvalue weighted by molar-refractivity contribution is 5.86. The minimum Gasteiger partial charge on any atom is -0.476 e. The molecule has 1 rings (SSSR count). The van der Waals surface area contributed by atoms with E-state index in [-0.39, 0.29) is 6.04 Å². The number of carboxylic acid groups (broad SMARTS) is 1. The Morgan fingerprint density at radius 1 is 1.60 bits per heavy atom. The first-order chi connectivity index (χ1) is 6.99. The standard InChI is InChI=1S/C8H11F2N3O2/c1-3-4(2)13-6(7(9)10)5(8(14)15)11-12-13/h4,7H,3H2,1-2H3,(H,14,15). The van der Waals surface area contributed by atoms with E-state index in [1.54, 1.807) is 13.8 Å². The molecule has 5 nitrogen and oxygen atoms in total. The van der Waals surface area contributed by atoms with E-state index in [0.717, 1.165) is 4.68 Å². The summed E-state index contributed by atoms with van der Waals surface area (Å²) in [4.78, 5) is 10.6. The number of aromatic nitrogens is 3. The summed E-state index contributed by atoms with van der Waals surface area (Å²) in [6.45, 7) is 3.47. The van der Waals surface area contributed by atoms with Crippen LogP contribution in [0.3, 0.4) is 0 Å². The predicted octanol–water partition coefficient (Wildman–Crippen LogP) is 1.88. The van der Waals surface area contributed by atoms with Crippen molar-refractivity contribution in [2.45, 2.75) is 32.7 Å². The molecule has 0 aliphatic carbocycles. The third-order valence-electron chi connectivity index (χ3n) is 2.15. The highest BCUT2D eigenvalue weighted by Gasteiger charge is 2.27. The van der Waals surface area contributed by atoms with Crippen molar-refractivity contribution >= 4 is 5.97 Å². The molecular weight excluding hydrogens is 208 g/mol. The number of hydrogen-bond acceptors (Lipinski definition) is 3. The van der Waals surface area contributed by atoms with E-state index in [4.69, 9.17) is 5.11 Å². The molecule has 0 amide bonds. The van der Waals surface area contributed by atoms with Gasteiger partial charge in [-0.2, -0.15) is 0 Å². The molecule has 7 heteroatoms. The van der Waals surface area contributed by atoms with Crippen LogP contribution < -0.4 is 0 Å². The number of halogens is 2. The van der Waals surface area contributed by atoms with E-state index in [1.807, 2.05) is 0 Å². The van der Waals surface area contributed by atoms with Crippen LogP contribution in [0.2, 0.25) is 0 Å². The van der Waals surface area contributed by atoms with Crippen molar-refractivity contribution in [3.8, 4) is 0 Å². The molecule has 0 radical (unpaired) electrons. The average molecular weight is 219 g/mol. The second-order valence-electron chi connectivity index (χ2n) is 3.13. The first kappa shape index (κ1) is 11.5. The first-order valence-corrected chi connectivity index (χ1v) is 4.45. The Morgan fingerprint density at radius 2 is 2.20 bits per heavy atom. The second kappa shape index (κ2) is 4.33. The Kier molecular flexibility index (Phi) is 3.33. The van der Waals surface area contributed by atoms with Gasteiger partial charge in [0, 0.05) is 0 Å². The fraction of sp³-hybridized carbons (Fsp3) is 0.625. The summed E-state index contributed by atoms with van der Waals surface area (Å²) in [6, 6.07) is -0.297. The molecule has 84 valence electrons. The number of aromatic carboxylic acids is 1. The van der Waals surface area contributed by atoms with E-state index >= 15 is 0 Å². The average Bonchev–Trinajstić information content (AvgIpc) is 2.60. The van der Waals surface area contributed by atoms with Crippen molar-refractivity contribution in [3.63, 3.8) is 0 Å². The Bertz CT molecular complexity index is 365. The summed E-state index contributed by atoms with van der Waals surface area (Å²) in [5.41, 5.74) is -1.30. The Morgan fingerprint density at radius 3 is 2.60 bits per heavy atom. The lowest BCUT2D eigenvalue weighted by Gasteiger charge is -2.11. The van der Waals surface area contributed by atoms with Gasteiger partial charge in [0.1, 0.15) is 5.69 Å². The summed E-state index contributed by atoms with van der Waals surface area (Å²) in [6.07, 6.45) is -2.32. The predicted molar refractivity (Wildman–Crippen MR) is 46.9 cm³/mol. The summed E-state index contributed by atoms with van der Waals surface area (Å²) < 4.78 is 26.2. The van der Waals surface area contributed by atoms with Crippen molar-refractivity contribution < 1.29 is 18.7 Å². The molecule has 0 aliphatic heterocycles. The number of carboxylic acids is 1. The second-order valence-corrected chi connectivity index (χ2v) is 3.13. The molecule has 1 atom stereocenters.